The highest BCUT2D eigenvalue weighted by molar-refractivity contribution is 5.79. The number of fused-ring (bicyclic) bond motifs is 1. The Labute approximate surface area is 95.7 Å². The minimum atomic E-state index is -1.60. The van der Waals surface area contributed by atoms with Gasteiger partial charge in [0.2, 0.25) is 0 Å². The second-order valence-electron chi connectivity index (χ2n) is 3.58. The second-order valence-corrected chi connectivity index (χ2v) is 3.58. The third-order valence-electron chi connectivity index (χ3n) is 2.56. The number of rotatable bonds is 3. The Morgan fingerprint density at radius 1 is 1.53 bits per heavy atom. The highest BCUT2D eigenvalue weighted by Gasteiger charge is 2.18. The molecule has 1 unspecified atom stereocenters. The molecule has 0 spiro atoms. The highest BCUT2D eigenvalue weighted by atomic mass is 16.4. The quantitative estimate of drug-likeness (QED) is 0.821. The Bertz CT molecular complexity index is 624. The van der Waals surface area contributed by atoms with Crippen LogP contribution < -0.4 is 5.76 Å². The number of aliphatic hydroxyl groups excluding tert-OH is 1. The largest absolute Gasteiger partial charge is 0.479 e. The first-order chi connectivity index (χ1) is 8.04. The summed E-state index contributed by atoms with van der Waals surface area (Å²) in [5.41, 5.74) is 1.07. The van der Waals surface area contributed by atoms with E-state index in [0.29, 0.717) is 17.6 Å². The van der Waals surface area contributed by atoms with Crippen LogP contribution in [0.5, 0.6) is 0 Å². The molecule has 6 heteroatoms. The van der Waals surface area contributed by atoms with E-state index in [9.17, 15) is 14.7 Å². The summed E-state index contributed by atoms with van der Waals surface area (Å²) in [6.45, 7) is 2.19. The summed E-state index contributed by atoms with van der Waals surface area (Å²) in [7, 11) is 0. The molecule has 1 heterocycles. The predicted octanol–water partition coefficient (Wildman–Crippen LogP) is 0.732. The van der Waals surface area contributed by atoms with Crippen molar-refractivity contribution in [2.45, 2.75) is 19.6 Å². The predicted molar refractivity (Wildman–Crippen MR) is 58.7 cm³/mol. The van der Waals surface area contributed by atoms with Crippen molar-refractivity contribution in [1.82, 2.24) is 4.57 Å². The van der Waals surface area contributed by atoms with Crippen LogP contribution in [0.4, 0.5) is 0 Å². The molecular weight excluding hydrogens is 226 g/mol. The van der Waals surface area contributed by atoms with Crippen LogP contribution >= 0.6 is 0 Å². The van der Waals surface area contributed by atoms with Gasteiger partial charge >= 0.3 is 11.7 Å². The van der Waals surface area contributed by atoms with Crippen LogP contribution in [0.1, 0.15) is 18.6 Å². The third kappa shape index (κ3) is 1.83. The number of hydrogen-bond acceptors (Lipinski definition) is 4. The number of aryl methyl sites for hydroxylation is 1. The Balaban J connectivity index is 2.63. The monoisotopic (exact) mass is 237 g/mol. The van der Waals surface area contributed by atoms with Gasteiger partial charge in [0.25, 0.3) is 0 Å². The van der Waals surface area contributed by atoms with E-state index < -0.39 is 17.8 Å². The normalized spacial score (nSPS) is 12.8. The SMILES string of the molecule is CCn1c(=O)oc2ccc(C(O)C(=O)O)cc21. The van der Waals surface area contributed by atoms with Gasteiger partial charge in [0, 0.05) is 6.54 Å². The van der Waals surface area contributed by atoms with Gasteiger partial charge in [0.05, 0.1) is 5.52 Å². The first-order valence-electron chi connectivity index (χ1n) is 5.08. The molecule has 0 aliphatic rings. The molecule has 0 aliphatic heterocycles. The number of benzene rings is 1. The van der Waals surface area contributed by atoms with Gasteiger partial charge in [0.15, 0.2) is 11.7 Å². The van der Waals surface area contributed by atoms with Gasteiger partial charge in [-0.2, -0.15) is 0 Å². The van der Waals surface area contributed by atoms with Crippen molar-refractivity contribution in [3.05, 3.63) is 34.3 Å². The molecule has 17 heavy (non-hydrogen) atoms. The lowest BCUT2D eigenvalue weighted by Gasteiger charge is -2.05. The van der Waals surface area contributed by atoms with Crippen LogP contribution in [0.2, 0.25) is 0 Å². The lowest BCUT2D eigenvalue weighted by atomic mass is 10.1. The van der Waals surface area contributed by atoms with Crippen LogP contribution in [-0.4, -0.2) is 20.7 Å². The Morgan fingerprint density at radius 2 is 2.24 bits per heavy atom. The van der Waals surface area contributed by atoms with Gasteiger partial charge in [0.1, 0.15) is 0 Å². The van der Waals surface area contributed by atoms with Crippen molar-refractivity contribution in [2.75, 3.05) is 0 Å². The Hall–Kier alpha value is -2.08. The molecule has 1 aromatic heterocycles. The summed E-state index contributed by atoms with van der Waals surface area (Å²) in [5, 5.41) is 18.1. The molecule has 0 saturated heterocycles. The summed E-state index contributed by atoms with van der Waals surface area (Å²) in [4.78, 5) is 22.1. The molecular formula is C11H11NO5. The number of hydrogen-bond donors (Lipinski definition) is 2. The summed E-state index contributed by atoms with van der Waals surface area (Å²) >= 11 is 0. The average molecular weight is 237 g/mol. The fourth-order valence-electron chi connectivity index (χ4n) is 1.69. The smallest absolute Gasteiger partial charge is 0.419 e. The van der Waals surface area contributed by atoms with Crippen molar-refractivity contribution >= 4 is 17.1 Å². The Kier molecular flexibility index (Phi) is 2.72. The highest BCUT2D eigenvalue weighted by Crippen LogP contribution is 2.20. The van der Waals surface area contributed by atoms with Crippen molar-refractivity contribution in [3.63, 3.8) is 0 Å². The molecule has 0 fully saturated rings. The van der Waals surface area contributed by atoms with Crippen molar-refractivity contribution in [3.8, 4) is 0 Å². The van der Waals surface area contributed by atoms with E-state index in [4.69, 9.17) is 9.52 Å². The van der Waals surface area contributed by atoms with E-state index in [1.54, 1.807) is 6.92 Å². The zero-order valence-corrected chi connectivity index (χ0v) is 9.08. The van der Waals surface area contributed by atoms with Crippen LogP contribution in [-0.2, 0) is 11.3 Å². The molecule has 90 valence electrons. The van der Waals surface area contributed by atoms with Gasteiger partial charge in [-0.15, -0.1) is 0 Å². The minimum Gasteiger partial charge on any atom is -0.479 e. The number of carbonyl (C=O) groups is 1. The lowest BCUT2D eigenvalue weighted by molar-refractivity contribution is -0.146. The van der Waals surface area contributed by atoms with Crippen molar-refractivity contribution < 1.29 is 19.4 Å². The molecule has 2 aromatic rings. The number of aliphatic hydroxyl groups is 1. The molecule has 6 nitrogen and oxygen atoms in total. The topological polar surface area (TPSA) is 92.7 Å². The number of oxazole rings is 1. The van der Waals surface area contributed by atoms with E-state index in [0.717, 1.165) is 0 Å². The van der Waals surface area contributed by atoms with Crippen molar-refractivity contribution in [2.24, 2.45) is 0 Å². The number of aliphatic carboxylic acids is 1. The lowest BCUT2D eigenvalue weighted by Crippen LogP contribution is -2.13. The molecule has 0 saturated carbocycles. The van der Waals surface area contributed by atoms with Gasteiger partial charge in [-0.05, 0) is 24.6 Å². The standard InChI is InChI=1S/C11H11NO5/c1-2-12-7-5-6(9(13)10(14)15)3-4-8(7)17-11(12)16/h3-5,9,13H,2H2,1H3,(H,14,15). The first-order valence-corrected chi connectivity index (χ1v) is 5.08. The fraction of sp³-hybridized carbons (Fsp3) is 0.273. The van der Waals surface area contributed by atoms with Crippen LogP contribution in [0.15, 0.2) is 27.4 Å². The maximum absolute atomic E-state index is 11.4. The van der Waals surface area contributed by atoms with Gasteiger partial charge < -0.3 is 14.6 Å². The average Bonchev–Trinajstić information content (AvgIpc) is 2.62. The van der Waals surface area contributed by atoms with Crippen LogP contribution in [0.3, 0.4) is 0 Å². The molecule has 2 N–H and O–H groups in total. The summed E-state index contributed by atoms with van der Waals surface area (Å²) in [5.74, 6) is -1.83. The van der Waals surface area contributed by atoms with E-state index >= 15 is 0 Å². The zero-order valence-electron chi connectivity index (χ0n) is 9.08. The molecule has 0 bridgehead atoms. The number of nitrogens with zero attached hydrogens (tertiary/aromatic N) is 1. The van der Waals surface area contributed by atoms with E-state index in [2.05, 4.69) is 0 Å². The molecule has 1 atom stereocenters. The van der Waals surface area contributed by atoms with Crippen LogP contribution in [0, 0.1) is 0 Å². The Morgan fingerprint density at radius 3 is 2.82 bits per heavy atom. The molecule has 2 rings (SSSR count). The molecule has 1 aromatic carbocycles. The zero-order chi connectivity index (χ0) is 12.6. The molecule has 0 radical (unpaired) electrons. The molecule has 0 amide bonds. The van der Waals surface area contributed by atoms with E-state index in [-0.39, 0.29) is 5.56 Å². The summed E-state index contributed by atoms with van der Waals surface area (Å²) < 4.78 is 6.33. The first kappa shape index (κ1) is 11.4. The number of aromatic nitrogens is 1. The summed E-state index contributed by atoms with van der Waals surface area (Å²) in [6.07, 6.45) is -1.60. The van der Waals surface area contributed by atoms with Gasteiger partial charge in [-0.3, -0.25) is 4.57 Å². The van der Waals surface area contributed by atoms with Crippen molar-refractivity contribution in [1.29, 1.82) is 0 Å². The second kappa shape index (κ2) is 4.06. The molecule has 0 aliphatic carbocycles. The number of carboxylic acids is 1. The van der Waals surface area contributed by atoms with E-state index in [1.807, 2.05) is 0 Å². The van der Waals surface area contributed by atoms with E-state index in [1.165, 1.54) is 22.8 Å². The minimum absolute atomic E-state index is 0.216. The fourth-order valence-corrected chi connectivity index (χ4v) is 1.69. The maximum atomic E-state index is 11.4. The third-order valence-corrected chi connectivity index (χ3v) is 2.56. The van der Waals surface area contributed by atoms with Gasteiger partial charge in [-0.1, -0.05) is 6.07 Å². The van der Waals surface area contributed by atoms with Crippen LogP contribution in [0.25, 0.3) is 11.1 Å². The van der Waals surface area contributed by atoms with Gasteiger partial charge in [-0.25, -0.2) is 9.59 Å². The number of carboxylic acid groups (broad SMARTS) is 1. The summed E-state index contributed by atoms with van der Waals surface area (Å²) in [6, 6.07) is 4.34. The maximum Gasteiger partial charge on any atom is 0.419 e.